The number of nitrogens with zero attached hydrogens (tertiary/aromatic N) is 1. The summed E-state index contributed by atoms with van der Waals surface area (Å²) in [5.74, 6) is -0.452. The van der Waals surface area contributed by atoms with Gasteiger partial charge in [0.25, 0.3) is 0 Å². The van der Waals surface area contributed by atoms with Crippen LogP contribution < -0.4 is 0 Å². The molecule has 0 radical (unpaired) electrons. The lowest BCUT2D eigenvalue weighted by atomic mass is 9.93. The van der Waals surface area contributed by atoms with Crippen molar-refractivity contribution in [1.29, 1.82) is 0 Å². The summed E-state index contributed by atoms with van der Waals surface area (Å²) in [4.78, 5) is 25.2. The summed E-state index contributed by atoms with van der Waals surface area (Å²) >= 11 is 0. The summed E-state index contributed by atoms with van der Waals surface area (Å²) in [6, 6.07) is 5.19. The number of hydrogen-bond donors (Lipinski definition) is 1. The monoisotopic (exact) mass is 275 g/mol. The van der Waals surface area contributed by atoms with Crippen molar-refractivity contribution < 1.29 is 14.7 Å². The molecular weight excluding hydrogens is 254 g/mol. The Bertz CT molecular complexity index is 537. The van der Waals surface area contributed by atoms with Crippen molar-refractivity contribution in [3.05, 3.63) is 34.9 Å². The normalized spacial score (nSPS) is 15.9. The van der Waals surface area contributed by atoms with Crippen molar-refractivity contribution >= 4 is 11.9 Å². The Morgan fingerprint density at radius 3 is 2.50 bits per heavy atom. The van der Waals surface area contributed by atoms with Gasteiger partial charge in [0, 0.05) is 19.0 Å². The molecule has 1 unspecified atom stereocenters. The number of fused-ring (bicyclic) bond motifs is 1. The van der Waals surface area contributed by atoms with Crippen molar-refractivity contribution in [1.82, 2.24) is 4.90 Å². The molecule has 0 saturated carbocycles. The second-order valence-corrected chi connectivity index (χ2v) is 5.83. The largest absolute Gasteiger partial charge is 0.478 e. The van der Waals surface area contributed by atoms with E-state index in [2.05, 4.69) is 0 Å². The molecule has 0 bridgehead atoms. The van der Waals surface area contributed by atoms with Crippen LogP contribution in [0.25, 0.3) is 0 Å². The Morgan fingerprint density at radius 1 is 1.20 bits per heavy atom. The van der Waals surface area contributed by atoms with E-state index < -0.39 is 5.97 Å². The second kappa shape index (κ2) is 5.65. The molecule has 1 heterocycles. The first-order valence-corrected chi connectivity index (χ1v) is 7.04. The van der Waals surface area contributed by atoms with Crippen molar-refractivity contribution in [2.45, 2.75) is 33.7 Å². The van der Waals surface area contributed by atoms with E-state index in [1.807, 2.05) is 31.7 Å². The number of carbonyl (C=O) groups excluding carboxylic acids is 1. The molecule has 1 aromatic rings. The van der Waals surface area contributed by atoms with Crippen molar-refractivity contribution in [2.75, 3.05) is 6.54 Å². The van der Waals surface area contributed by atoms with Crippen LogP contribution >= 0.6 is 0 Å². The number of amides is 1. The highest BCUT2D eigenvalue weighted by Crippen LogP contribution is 2.23. The molecule has 1 amide bonds. The number of carboxylic acid groups (broad SMARTS) is 1. The number of carbonyl (C=O) groups is 2. The van der Waals surface area contributed by atoms with Crippen LogP contribution in [0.3, 0.4) is 0 Å². The summed E-state index contributed by atoms with van der Waals surface area (Å²) in [6.07, 6.45) is 0.797. The Balaban J connectivity index is 2.19. The third kappa shape index (κ3) is 2.84. The fraction of sp³-hybridized carbons (Fsp3) is 0.500. The lowest BCUT2D eigenvalue weighted by Gasteiger charge is -2.32. The SMILES string of the molecule is CC(C)C(C)C(=O)N1CCc2ccc(C(=O)O)cc2C1. The first-order chi connectivity index (χ1) is 9.40. The van der Waals surface area contributed by atoms with E-state index in [1.54, 1.807) is 12.1 Å². The van der Waals surface area contributed by atoms with Gasteiger partial charge in [0.05, 0.1) is 5.56 Å². The molecule has 2 rings (SSSR count). The first kappa shape index (κ1) is 14.6. The van der Waals surface area contributed by atoms with E-state index in [9.17, 15) is 9.59 Å². The van der Waals surface area contributed by atoms with Crippen LogP contribution in [0.1, 0.15) is 42.3 Å². The van der Waals surface area contributed by atoms with E-state index in [-0.39, 0.29) is 17.4 Å². The Hall–Kier alpha value is -1.84. The molecule has 0 spiro atoms. The average Bonchev–Trinajstić information content (AvgIpc) is 2.44. The third-order valence-corrected chi connectivity index (χ3v) is 4.17. The van der Waals surface area contributed by atoms with Gasteiger partial charge in [0.2, 0.25) is 5.91 Å². The standard InChI is InChI=1S/C16H21NO3/c1-10(2)11(3)15(18)17-7-6-12-4-5-13(16(19)20)8-14(12)9-17/h4-5,8,10-11H,6-7,9H2,1-3H3,(H,19,20). The summed E-state index contributed by atoms with van der Waals surface area (Å²) in [6.45, 7) is 7.28. The molecule has 0 aromatic heterocycles. The average molecular weight is 275 g/mol. The number of carboxylic acids is 1. The highest BCUT2D eigenvalue weighted by molar-refractivity contribution is 5.88. The Labute approximate surface area is 119 Å². The van der Waals surface area contributed by atoms with E-state index in [0.717, 1.165) is 24.1 Å². The smallest absolute Gasteiger partial charge is 0.335 e. The number of rotatable bonds is 3. The minimum absolute atomic E-state index is 0.000735. The van der Waals surface area contributed by atoms with E-state index in [4.69, 9.17) is 5.11 Å². The molecule has 1 aliphatic heterocycles. The maximum Gasteiger partial charge on any atom is 0.335 e. The quantitative estimate of drug-likeness (QED) is 0.922. The summed E-state index contributed by atoms with van der Waals surface area (Å²) in [5, 5.41) is 9.04. The Morgan fingerprint density at radius 2 is 1.90 bits per heavy atom. The maximum absolute atomic E-state index is 12.4. The number of hydrogen-bond acceptors (Lipinski definition) is 2. The van der Waals surface area contributed by atoms with Crippen molar-refractivity contribution in [2.24, 2.45) is 11.8 Å². The molecule has 0 saturated heterocycles. The first-order valence-electron chi connectivity index (χ1n) is 7.04. The highest BCUT2D eigenvalue weighted by atomic mass is 16.4. The van der Waals surface area contributed by atoms with Gasteiger partial charge in [-0.05, 0) is 35.6 Å². The van der Waals surface area contributed by atoms with E-state index in [1.165, 1.54) is 0 Å². The van der Waals surface area contributed by atoms with Crippen LogP contribution in [0.15, 0.2) is 18.2 Å². The van der Waals surface area contributed by atoms with Crippen LogP contribution in [-0.4, -0.2) is 28.4 Å². The second-order valence-electron chi connectivity index (χ2n) is 5.83. The molecule has 1 aromatic carbocycles. The minimum Gasteiger partial charge on any atom is -0.478 e. The summed E-state index contributed by atoms with van der Waals surface area (Å²) < 4.78 is 0. The van der Waals surface area contributed by atoms with Gasteiger partial charge in [-0.2, -0.15) is 0 Å². The predicted octanol–water partition coefficient (Wildman–Crippen LogP) is 2.56. The lowest BCUT2D eigenvalue weighted by molar-refractivity contribution is -0.137. The zero-order valence-electron chi connectivity index (χ0n) is 12.2. The molecule has 4 heteroatoms. The molecule has 1 atom stereocenters. The molecule has 1 aliphatic rings. The van der Waals surface area contributed by atoms with Gasteiger partial charge in [0.15, 0.2) is 0 Å². The lowest BCUT2D eigenvalue weighted by Crippen LogP contribution is -2.40. The predicted molar refractivity (Wildman–Crippen MR) is 76.5 cm³/mol. The molecule has 108 valence electrons. The van der Waals surface area contributed by atoms with Crippen molar-refractivity contribution in [3.8, 4) is 0 Å². The molecule has 4 nitrogen and oxygen atoms in total. The maximum atomic E-state index is 12.4. The van der Waals surface area contributed by atoms with Crippen LogP contribution in [0.2, 0.25) is 0 Å². The van der Waals surface area contributed by atoms with E-state index >= 15 is 0 Å². The van der Waals surface area contributed by atoms with Crippen LogP contribution in [0.5, 0.6) is 0 Å². The van der Waals surface area contributed by atoms with Gasteiger partial charge in [0.1, 0.15) is 0 Å². The van der Waals surface area contributed by atoms with Gasteiger partial charge < -0.3 is 10.0 Å². The van der Waals surface area contributed by atoms with Gasteiger partial charge in [-0.15, -0.1) is 0 Å². The Kier molecular flexibility index (Phi) is 4.12. The van der Waals surface area contributed by atoms with Gasteiger partial charge in [-0.3, -0.25) is 4.79 Å². The molecular formula is C16H21NO3. The molecule has 0 fully saturated rings. The molecule has 0 aliphatic carbocycles. The zero-order chi connectivity index (χ0) is 14.9. The van der Waals surface area contributed by atoms with Crippen LogP contribution in [0, 0.1) is 11.8 Å². The van der Waals surface area contributed by atoms with Gasteiger partial charge >= 0.3 is 5.97 Å². The topological polar surface area (TPSA) is 57.6 Å². The van der Waals surface area contributed by atoms with E-state index in [0.29, 0.717) is 12.5 Å². The van der Waals surface area contributed by atoms with Crippen molar-refractivity contribution in [3.63, 3.8) is 0 Å². The summed E-state index contributed by atoms with van der Waals surface area (Å²) in [5.41, 5.74) is 2.40. The fourth-order valence-corrected chi connectivity index (χ4v) is 2.45. The third-order valence-electron chi connectivity index (χ3n) is 4.17. The number of benzene rings is 1. The fourth-order valence-electron chi connectivity index (χ4n) is 2.45. The van der Waals surface area contributed by atoms with Crippen LogP contribution in [0.4, 0.5) is 0 Å². The molecule has 1 N–H and O–H groups in total. The molecule has 20 heavy (non-hydrogen) atoms. The minimum atomic E-state index is -0.924. The highest BCUT2D eigenvalue weighted by Gasteiger charge is 2.26. The summed E-state index contributed by atoms with van der Waals surface area (Å²) in [7, 11) is 0. The number of aromatic carboxylic acids is 1. The zero-order valence-corrected chi connectivity index (χ0v) is 12.2. The van der Waals surface area contributed by atoms with Gasteiger partial charge in [-0.25, -0.2) is 4.79 Å². The van der Waals surface area contributed by atoms with Crippen LogP contribution in [-0.2, 0) is 17.8 Å². The van der Waals surface area contributed by atoms with Gasteiger partial charge in [-0.1, -0.05) is 26.8 Å².